The van der Waals surface area contributed by atoms with Crippen LogP contribution in [0.2, 0.25) is 0 Å². The molecule has 1 fully saturated rings. The number of hydrogen-bond acceptors (Lipinski definition) is 2. The first-order valence-corrected chi connectivity index (χ1v) is 4.66. The molecule has 0 aromatic rings. The van der Waals surface area contributed by atoms with E-state index in [2.05, 4.69) is 27.9 Å². The Bertz CT molecular complexity index is 87.1. The van der Waals surface area contributed by atoms with Crippen LogP contribution < -0.4 is 11.1 Å². The minimum atomic E-state index is 0.690. The van der Waals surface area contributed by atoms with E-state index in [1.807, 2.05) is 0 Å². The molecule has 2 atom stereocenters. The third-order valence-corrected chi connectivity index (χ3v) is 3.23. The van der Waals surface area contributed by atoms with Crippen molar-refractivity contribution in [2.24, 2.45) is 5.73 Å². The Labute approximate surface area is 69.7 Å². The molecular formula is C6H13IN2. The third-order valence-electron chi connectivity index (χ3n) is 1.74. The molecule has 0 bridgehead atoms. The third kappa shape index (κ3) is 2.05. The van der Waals surface area contributed by atoms with E-state index < -0.39 is 0 Å². The van der Waals surface area contributed by atoms with Crippen LogP contribution in [-0.2, 0) is 0 Å². The molecule has 0 spiro atoms. The van der Waals surface area contributed by atoms with Crippen molar-refractivity contribution in [1.29, 1.82) is 0 Å². The summed E-state index contributed by atoms with van der Waals surface area (Å²) in [6.45, 7) is 2.00. The van der Waals surface area contributed by atoms with Crippen LogP contribution in [0.5, 0.6) is 0 Å². The van der Waals surface area contributed by atoms with E-state index in [0.717, 1.165) is 16.9 Å². The van der Waals surface area contributed by atoms with Crippen molar-refractivity contribution in [3.05, 3.63) is 0 Å². The predicted molar refractivity (Wildman–Crippen MR) is 47.9 cm³/mol. The van der Waals surface area contributed by atoms with E-state index in [0.29, 0.717) is 6.04 Å². The van der Waals surface area contributed by atoms with Crippen LogP contribution in [0.4, 0.5) is 0 Å². The topological polar surface area (TPSA) is 38.0 Å². The second-order valence-electron chi connectivity index (χ2n) is 2.44. The van der Waals surface area contributed by atoms with Gasteiger partial charge in [0.2, 0.25) is 0 Å². The van der Waals surface area contributed by atoms with Gasteiger partial charge in [0.05, 0.1) is 0 Å². The molecule has 0 amide bonds. The Hall–Kier alpha value is 0.650. The summed E-state index contributed by atoms with van der Waals surface area (Å²) in [6.07, 6.45) is 2.44. The van der Waals surface area contributed by atoms with E-state index in [-0.39, 0.29) is 0 Å². The standard InChI is InChI=1S/C6H13IN2/c7-5-2-4-9-6(5)1-3-8/h5-6,9H,1-4,8H2. The molecule has 1 aliphatic heterocycles. The summed E-state index contributed by atoms with van der Waals surface area (Å²) in [5, 5.41) is 3.42. The predicted octanol–water partition coefficient (Wildman–Crippen LogP) is 0.501. The Morgan fingerprint density at radius 2 is 2.44 bits per heavy atom. The van der Waals surface area contributed by atoms with Gasteiger partial charge in [-0.25, -0.2) is 0 Å². The number of hydrogen-bond donors (Lipinski definition) is 2. The maximum Gasteiger partial charge on any atom is 0.0276 e. The fourth-order valence-electron chi connectivity index (χ4n) is 1.20. The van der Waals surface area contributed by atoms with Gasteiger partial charge in [-0.3, -0.25) is 0 Å². The number of rotatable bonds is 2. The molecule has 0 aromatic carbocycles. The van der Waals surface area contributed by atoms with Gasteiger partial charge >= 0.3 is 0 Å². The highest BCUT2D eigenvalue weighted by Gasteiger charge is 2.22. The molecule has 54 valence electrons. The average Bonchev–Trinajstić information content (AvgIpc) is 2.18. The molecule has 0 aliphatic carbocycles. The molecule has 0 saturated carbocycles. The molecule has 1 heterocycles. The second-order valence-corrected chi connectivity index (χ2v) is 4.04. The van der Waals surface area contributed by atoms with E-state index >= 15 is 0 Å². The molecule has 1 saturated heterocycles. The first-order chi connectivity index (χ1) is 4.34. The number of nitrogens with two attached hydrogens (primary N) is 1. The van der Waals surface area contributed by atoms with Crippen LogP contribution in [0.25, 0.3) is 0 Å². The Balaban J connectivity index is 2.22. The molecule has 3 N–H and O–H groups in total. The lowest BCUT2D eigenvalue weighted by molar-refractivity contribution is 0.582. The van der Waals surface area contributed by atoms with Gasteiger partial charge in [0.1, 0.15) is 0 Å². The lowest BCUT2D eigenvalue weighted by atomic mass is 10.2. The van der Waals surface area contributed by atoms with Crippen LogP contribution >= 0.6 is 22.6 Å². The van der Waals surface area contributed by atoms with Gasteiger partial charge in [0, 0.05) is 9.97 Å². The minimum Gasteiger partial charge on any atom is -0.330 e. The van der Waals surface area contributed by atoms with Crippen molar-refractivity contribution in [3.63, 3.8) is 0 Å². The maximum absolute atomic E-state index is 5.43. The summed E-state index contributed by atoms with van der Waals surface area (Å²) < 4.78 is 0.811. The molecule has 1 aliphatic rings. The Kier molecular flexibility index (Phi) is 3.21. The minimum absolute atomic E-state index is 0.690. The molecule has 3 heteroatoms. The van der Waals surface area contributed by atoms with Crippen molar-refractivity contribution in [3.8, 4) is 0 Å². The van der Waals surface area contributed by atoms with Crippen molar-refractivity contribution in [2.45, 2.75) is 22.8 Å². The average molecular weight is 240 g/mol. The highest BCUT2D eigenvalue weighted by Crippen LogP contribution is 2.18. The van der Waals surface area contributed by atoms with Gasteiger partial charge in [0.15, 0.2) is 0 Å². The van der Waals surface area contributed by atoms with Gasteiger partial charge in [-0.2, -0.15) is 0 Å². The number of halogens is 1. The van der Waals surface area contributed by atoms with Gasteiger partial charge in [0.25, 0.3) is 0 Å². The van der Waals surface area contributed by atoms with Crippen molar-refractivity contribution in [2.75, 3.05) is 13.1 Å². The van der Waals surface area contributed by atoms with Gasteiger partial charge in [-0.1, -0.05) is 22.6 Å². The van der Waals surface area contributed by atoms with Crippen LogP contribution in [0.3, 0.4) is 0 Å². The maximum atomic E-state index is 5.43. The molecular weight excluding hydrogens is 227 g/mol. The summed E-state index contributed by atoms with van der Waals surface area (Å²) in [4.78, 5) is 0. The zero-order chi connectivity index (χ0) is 6.69. The summed E-state index contributed by atoms with van der Waals surface area (Å²) in [5.74, 6) is 0. The quantitative estimate of drug-likeness (QED) is 0.545. The molecule has 2 nitrogen and oxygen atoms in total. The van der Waals surface area contributed by atoms with E-state index in [9.17, 15) is 0 Å². The number of nitrogens with one attached hydrogen (secondary N) is 1. The van der Waals surface area contributed by atoms with Crippen molar-refractivity contribution >= 4 is 22.6 Å². The Morgan fingerprint density at radius 1 is 1.67 bits per heavy atom. The monoisotopic (exact) mass is 240 g/mol. The van der Waals surface area contributed by atoms with E-state index in [1.165, 1.54) is 13.0 Å². The highest BCUT2D eigenvalue weighted by atomic mass is 127. The van der Waals surface area contributed by atoms with Crippen molar-refractivity contribution < 1.29 is 0 Å². The van der Waals surface area contributed by atoms with Gasteiger partial charge in [-0.05, 0) is 25.9 Å². The van der Waals surface area contributed by atoms with Crippen LogP contribution in [0.1, 0.15) is 12.8 Å². The zero-order valence-electron chi connectivity index (χ0n) is 5.44. The van der Waals surface area contributed by atoms with E-state index in [1.54, 1.807) is 0 Å². The zero-order valence-corrected chi connectivity index (χ0v) is 7.60. The molecule has 0 radical (unpaired) electrons. The Morgan fingerprint density at radius 3 is 2.89 bits per heavy atom. The van der Waals surface area contributed by atoms with Crippen molar-refractivity contribution in [1.82, 2.24) is 5.32 Å². The SMILES string of the molecule is NCCC1NCCC1I. The van der Waals surface area contributed by atoms with Gasteiger partial charge < -0.3 is 11.1 Å². The molecule has 0 aromatic heterocycles. The van der Waals surface area contributed by atoms with Crippen LogP contribution in [-0.4, -0.2) is 23.1 Å². The second kappa shape index (κ2) is 3.73. The lowest BCUT2D eigenvalue weighted by Crippen LogP contribution is -2.29. The first kappa shape index (κ1) is 7.75. The smallest absolute Gasteiger partial charge is 0.0276 e. The fourth-order valence-corrected chi connectivity index (χ4v) is 2.12. The van der Waals surface area contributed by atoms with Gasteiger partial charge in [-0.15, -0.1) is 0 Å². The summed E-state index contributed by atoms with van der Waals surface area (Å²) >= 11 is 2.50. The largest absolute Gasteiger partial charge is 0.330 e. The molecule has 1 rings (SSSR count). The first-order valence-electron chi connectivity index (χ1n) is 3.42. The summed E-state index contributed by atoms with van der Waals surface area (Å²) in [5.41, 5.74) is 5.43. The van der Waals surface area contributed by atoms with Crippen LogP contribution in [0, 0.1) is 0 Å². The summed E-state index contributed by atoms with van der Waals surface area (Å²) in [6, 6.07) is 0.690. The van der Waals surface area contributed by atoms with Crippen LogP contribution in [0.15, 0.2) is 0 Å². The number of alkyl halides is 1. The normalized spacial score (nSPS) is 35.3. The highest BCUT2D eigenvalue weighted by molar-refractivity contribution is 14.1. The lowest BCUT2D eigenvalue weighted by Gasteiger charge is -2.11. The van der Waals surface area contributed by atoms with E-state index in [4.69, 9.17) is 5.73 Å². The molecule has 9 heavy (non-hydrogen) atoms. The molecule has 2 unspecified atom stereocenters. The fraction of sp³-hybridized carbons (Fsp3) is 1.00. The summed E-state index contributed by atoms with van der Waals surface area (Å²) in [7, 11) is 0.